The summed E-state index contributed by atoms with van der Waals surface area (Å²) in [5.41, 5.74) is 2.84. The number of fused-ring (bicyclic) bond motifs is 2. The Labute approximate surface area is 148 Å². The van der Waals surface area contributed by atoms with E-state index in [2.05, 4.69) is 15.3 Å². The number of benzene rings is 2. The number of thioether (sulfide) groups is 1. The zero-order valence-corrected chi connectivity index (χ0v) is 14.4. The lowest BCUT2D eigenvalue weighted by Gasteiger charge is -2.11. The molecular weight excluding hydrogens is 338 g/mol. The number of carbonyl (C=O) groups excluding carboxylic acids is 1. The first-order chi connectivity index (χ1) is 12.2. The third-order valence-corrected chi connectivity index (χ3v) is 4.91. The van der Waals surface area contributed by atoms with Gasteiger partial charge in [-0.3, -0.25) is 4.79 Å². The van der Waals surface area contributed by atoms with Crippen LogP contribution in [0.1, 0.15) is 12.5 Å². The minimum absolute atomic E-state index is 0.0388. The van der Waals surface area contributed by atoms with Gasteiger partial charge in [0.2, 0.25) is 12.7 Å². The van der Waals surface area contributed by atoms with Crippen molar-refractivity contribution >= 4 is 28.7 Å². The van der Waals surface area contributed by atoms with E-state index in [1.807, 2.05) is 49.4 Å². The summed E-state index contributed by atoms with van der Waals surface area (Å²) in [7, 11) is 0. The average Bonchev–Trinajstić information content (AvgIpc) is 3.24. The van der Waals surface area contributed by atoms with E-state index >= 15 is 0 Å². The van der Waals surface area contributed by atoms with Gasteiger partial charge in [0.1, 0.15) is 0 Å². The predicted octanol–water partition coefficient (Wildman–Crippen LogP) is 3.09. The lowest BCUT2D eigenvalue weighted by molar-refractivity contribution is -0.120. The monoisotopic (exact) mass is 355 g/mol. The van der Waals surface area contributed by atoms with Crippen molar-refractivity contribution < 1.29 is 14.3 Å². The summed E-state index contributed by atoms with van der Waals surface area (Å²) in [6.07, 6.45) is 0. The molecule has 6 nitrogen and oxygen atoms in total. The van der Waals surface area contributed by atoms with Gasteiger partial charge >= 0.3 is 0 Å². The van der Waals surface area contributed by atoms with E-state index in [0.29, 0.717) is 6.54 Å². The van der Waals surface area contributed by atoms with Gasteiger partial charge in [-0.05, 0) is 36.8 Å². The van der Waals surface area contributed by atoms with Gasteiger partial charge in [-0.2, -0.15) is 0 Å². The third kappa shape index (κ3) is 3.41. The maximum absolute atomic E-state index is 12.3. The van der Waals surface area contributed by atoms with Crippen LogP contribution in [0.25, 0.3) is 11.0 Å². The molecule has 0 aliphatic carbocycles. The third-order valence-electron chi connectivity index (χ3n) is 3.93. The molecule has 3 aromatic rings. The Balaban J connectivity index is 1.35. The summed E-state index contributed by atoms with van der Waals surface area (Å²) in [5.74, 6) is 1.42. The van der Waals surface area contributed by atoms with E-state index in [0.717, 1.165) is 33.3 Å². The number of hydrogen-bond donors (Lipinski definition) is 2. The molecule has 128 valence electrons. The van der Waals surface area contributed by atoms with Gasteiger partial charge in [0.25, 0.3) is 0 Å². The quantitative estimate of drug-likeness (QED) is 0.688. The summed E-state index contributed by atoms with van der Waals surface area (Å²) >= 11 is 1.41. The first kappa shape index (κ1) is 15.8. The number of carbonyl (C=O) groups is 1. The number of para-hydroxylation sites is 2. The van der Waals surface area contributed by atoms with Crippen LogP contribution in [0.2, 0.25) is 0 Å². The molecule has 0 spiro atoms. The fraction of sp³-hybridized carbons (Fsp3) is 0.222. The van der Waals surface area contributed by atoms with Crippen LogP contribution >= 0.6 is 11.8 Å². The molecule has 1 atom stereocenters. The summed E-state index contributed by atoms with van der Waals surface area (Å²) in [4.78, 5) is 20.1. The number of nitrogens with one attached hydrogen (secondary N) is 2. The number of amides is 1. The molecule has 1 aliphatic heterocycles. The Morgan fingerprint density at radius 3 is 3.00 bits per heavy atom. The van der Waals surface area contributed by atoms with Gasteiger partial charge in [-0.1, -0.05) is 30.0 Å². The van der Waals surface area contributed by atoms with Crippen molar-refractivity contribution in [2.45, 2.75) is 23.9 Å². The van der Waals surface area contributed by atoms with E-state index in [-0.39, 0.29) is 18.0 Å². The summed E-state index contributed by atoms with van der Waals surface area (Å²) in [5, 5.41) is 3.43. The van der Waals surface area contributed by atoms with Gasteiger partial charge in [0.05, 0.1) is 16.3 Å². The van der Waals surface area contributed by atoms with Crippen LogP contribution in [0.3, 0.4) is 0 Å². The highest BCUT2D eigenvalue weighted by Crippen LogP contribution is 2.32. The molecule has 0 bridgehead atoms. The van der Waals surface area contributed by atoms with Gasteiger partial charge in [-0.15, -0.1) is 0 Å². The number of rotatable bonds is 5. The normalized spacial score (nSPS) is 13.8. The molecule has 1 aliphatic rings. The molecule has 0 saturated heterocycles. The molecule has 0 saturated carbocycles. The summed E-state index contributed by atoms with van der Waals surface area (Å²) in [6, 6.07) is 13.5. The van der Waals surface area contributed by atoms with Crippen LogP contribution in [-0.2, 0) is 11.3 Å². The second-order valence-electron chi connectivity index (χ2n) is 5.72. The van der Waals surface area contributed by atoms with E-state index in [1.165, 1.54) is 11.8 Å². The Morgan fingerprint density at radius 1 is 1.28 bits per heavy atom. The lowest BCUT2D eigenvalue weighted by Crippen LogP contribution is -2.30. The van der Waals surface area contributed by atoms with Crippen molar-refractivity contribution in [3.8, 4) is 11.5 Å². The number of H-pyrrole nitrogens is 1. The fourth-order valence-electron chi connectivity index (χ4n) is 2.59. The molecule has 2 heterocycles. The van der Waals surface area contributed by atoms with Crippen molar-refractivity contribution in [2.24, 2.45) is 0 Å². The molecule has 0 fully saturated rings. The van der Waals surface area contributed by atoms with Crippen molar-refractivity contribution in [3.63, 3.8) is 0 Å². The Kier molecular flexibility index (Phi) is 4.23. The lowest BCUT2D eigenvalue weighted by atomic mass is 10.2. The number of aromatic nitrogens is 2. The van der Waals surface area contributed by atoms with Gasteiger partial charge in [0.15, 0.2) is 16.7 Å². The van der Waals surface area contributed by atoms with Gasteiger partial charge in [-0.25, -0.2) is 4.98 Å². The van der Waals surface area contributed by atoms with Crippen LogP contribution < -0.4 is 14.8 Å². The van der Waals surface area contributed by atoms with Crippen LogP contribution in [0.15, 0.2) is 47.6 Å². The SMILES string of the molecule is C[C@H](Sc1nc2ccccc2[nH]1)C(=O)NCc1ccc2c(c1)OCO2. The van der Waals surface area contributed by atoms with Crippen molar-refractivity contribution in [2.75, 3.05) is 6.79 Å². The van der Waals surface area contributed by atoms with Gasteiger partial charge in [0, 0.05) is 6.54 Å². The van der Waals surface area contributed by atoms with Crippen molar-refractivity contribution in [1.82, 2.24) is 15.3 Å². The first-order valence-corrected chi connectivity index (χ1v) is 8.84. The van der Waals surface area contributed by atoms with Crippen LogP contribution in [-0.4, -0.2) is 27.9 Å². The van der Waals surface area contributed by atoms with E-state index in [9.17, 15) is 4.79 Å². The molecule has 0 unspecified atom stereocenters. The Bertz CT molecular complexity index is 892. The Hall–Kier alpha value is -2.67. The molecule has 2 aromatic carbocycles. The number of ether oxygens (including phenoxy) is 2. The summed E-state index contributed by atoms with van der Waals surface area (Å²) in [6.45, 7) is 2.56. The van der Waals surface area contributed by atoms with E-state index in [1.54, 1.807) is 0 Å². The highest BCUT2D eigenvalue weighted by molar-refractivity contribution is 8.00. The molecule has 25 heavy (non-hydrogen) atoms. The smallest absolute Gasteiger partial charge is 0.233 e. The largest absolute Gasteiger partial charge is 0.454 e. The van der Waals surface area contributed by atoms with E-state index in [4.69, 9.17) is 9.47 Å². The zero-order valence-electron chi connectivity index (χ0n) is 13.6. The topological polar surface area (TPSA) is 76.2 Å². The second-order valence-corrected chi connectivity index (χ2v) is 7.05. The highest BCUT2D eigenvalue weighted by atomic mass is 32.2. The average molecular weight is 355 g/mol. The summed E-state index contributed by atoms with van der Waals surface area (Å²) < 4.78 is 10.6. The first-order valence-electron chi connectivity index (χ1n) is 7.97. The van der Waals surface area contributed by atoms with Crippen molar-refractivity contribution in [3.05, 3.63) is 48.0 Å². The van der Waals surface area contributed by atoms with Crippen LogP contribution in [0.5, 0.6) is 11.5 Å². The maximum atomic E-state index is 12.3. The predicted molar refractivity (Wildman–Crippen MR) is 95.8 cm³/mol. The Morgan fingerprint density at radius 2 is 2.12 bits per heavy atom. The standard InChI is InChI=1S/C18H17N3O3S/c1-11(25-18-20-13-4-2-3-5-14(13)21-18)17(22)19-9-12-6-7-15-16(8-12)24-10-23-15/h2-8,11H,9-10H2,1H3,(H,19,22)(H,20,21)/t11-/m0/s1. The van der Waals surface area contributed by atoms with Crippen LogP contribution in [0, 0.1) is 0 Å². The zero-order chi connectivity index (χ0) is 17.2. The number of hydrogen-bond acceptors (Lipinski definition) is 5. The molecular formula is C18H17N3O3S. The number of nitrogens with zero attached hydrogens (tertiary/aromatic N) is 1. The fourth-order valence-corrected chi connectivity index (χ4v) is 3.44. The molecule has 7 heteroatoms. The molecule has 4 rings (SSSR count). The number of imidazole rings is 1. The minimum Gasteiger partial charge on any atom is -0.454 e. The minimum atomic E-state index is -0.255. The molecule has 2 N–H and O–H groups in total. The van der Waals surface area contributed by atoms with E-state index < -0.39 is 0 Å². The number of aromatic amines is 1. The van der Waals surface area contributed by atoms with Crippen LogP contribution in [0.4, 0.5) is 0 Å². The second kappa shape index (κ2) is 6.68. The van der Waals surface area contributed by atoms with Crippen molar-refractivity contribution in [1.29, 1.82) is 0 Å². The maximum Gasteiger partial charge on any atom is 0.233 e. The molecule has 0 radical (unpaired) electrons. The van der Waals surface area contributed by atoms with Gasteiger partial charge < -0.3 is 19.8 Å². The highest BCUT2D eigenvalue weighted by Gasteiger charge is 2.17. The molecule has 1 amide bonds. The molecule has 1 aromatic heterocycles.